The largest absolute Gasteiger partial charge is 0.316 e. The first kappa shape index (κ1) is 14.9. The van der Waals surface area contributed by atoms with Crippen LogP contribution < -0.4 is 10.5 Å². The van der Waals surface area contributed by atoms with Gasteiger partial charge in [0.05, 0.1) is 0 Å². The molecule has 5 nitrogen and oxygen atoms in total. The van der Waals surface area contributed by atoms with Gasteiger partial charge < -0.3 is 5.32 Å². The van der Waals surface area contributed by atoms with Gasteiger partial charge in [0.1, 0.15) is 4.21 Å². The Bertz CT molecular complexity index is 718. The van der Waals surface area contributed by atoms with Gasteiger partial charge in [0, 0.05) is 23.1 Å². The zero-order valence-corrected chi connectivity index (χ0v) is 12.4. The summed E-state index contributed by atoms with van der Waals surface area (Å²) in [6.07, 6.45) is 0. The van der Waals surface area contributed by atoms with E-state index in [1.165, 1.54) is 11.4 Å². The minimum atomic E-state index is -3.75. The number of sulfonamides is 1. The lowest BCUT2D eigenvalue weighted by atomic mass is 10.0. The quantitative estimate of drug-likeness (QED) is 0.816. The fourth-order valence-corrected chi connectivity index (χ4v) is 3.31. The molecule has 0 atom stereocenters. The first-order valence-corrected chi connectivity index (χ1v) is 8.24. The van der Waals surface area contributed by atoms with Gasteiger partial charge in [-0.05, 0) is 18.7 Å². The Kier molecular flexibility index (Phi) is 4.34. The number of benzene rings is 1. The Labute approximate surface area is 121 Å². The molecule has 7 heteroatoms. The van der Waals surface area contributed by atoms with Gasteiger partial charge in [-0.1, -0.05) is 24.3 Å². The summed E-state index contributed by atoms with van der Waals surface area (Å²) in [6.45, 7) is 0.725. The predicted molar refractivity (Wildman–Crippen MR) is 78.3 cm³/mol. The summed E-state index contributed by atoms with van der Waals surface area (Å²) in [4.78, 5) is 12.2. The van der Waals surface area contributed by atoms with E-state index in [9.17, 15) is 13.2 Å². The van der Waals surface area contributed by atoms with Gasteiger partial charge in [0.25, 0.3) is 0 Å². The number of thiophene rings is 1. The summed E-state index contributed by atoms with van der Waals surface area (Å²) in [5.41, 5.74) is 1.92. The van der Waals surface area contributed by atoms with Crippen LogP contribution in [0.25, 0.3) is 0 Å². The molecule has 0 aliphatic rings. The second-order valence-electron chi connectivity index (χ2n) is 4.26. The lowest BCUT2D eigenvalue weighted by Crippen LogP contribution is -2.10. The molecule has 0 bridgehead atoms. The molecule has 0 amide bonds. The minimum absolute atomic E-state index is 0.00680. The van der Waals surface area contributed by atoms with Gasteiger partial charge in [-0.3, -0.25) is 4.79 Å². The van der Waals surface area contributed by atoms with Crippen molar-refractivity contribution in [1.82, 2.24) is 5.32 Å². The second-order valence-corrected chi connectivity index (χ2v) is 6.96. The zero-order valence-electron chi connectivity index (χ0n) is 10.8. The molecule has 2 aromatic rings. The van der Waals surface area contributed by atoms with Crippen molar-refractivity contribution in [2.75, 3.05) is 7.05 Å². The standard InChI is InChI=1S/C13H14N2O3S2/c1-15-7-9-2-4-10(5-3-9)13(16)11-6-12(19-8-11)20(14,17)18/h2-6,8,15H,7H2,1H3,(H2,14,17,18). The Morgan fingerprint density at radius 1 is 1.25 bits per heavy atom. The van der Waals surface area contributed by atoms with Crippen molar-refractivity contribution < 1.29 is 13.2 Å². The van der Waals surface area contributed by atoms with E-state index in [1.54, 1.807) is 12.1 Å². The Morgan fingerprint density at radius 3 is 2.40 bits per heavy atom. The van der Waals surface area contributed by atoms with E-state index < -0.39 is 10.0 Å². The van der Waals surface area contributed by atoms with Crippen LogP contribution in [0.15, 0.2) is 39.9 Å². The van der Waals surface area contributed by atoms with E-state index >= 15 is 0 Å². The van der Waals surface area contributed by atoms with Crippen LogP contribution >= 0.6 is 11.3 Å². The summed E-state index contributed by atoms with van der Waals surface area (Å²) in [7, 11) is -1.91. The summed E-state index contributed by atoms with van der Waals surface area (Å²) in [5, 5.41) is 9.55. The van der Waals surface area contributed by atoms with Gasteiger partial charge in [0.15, 0.2) is 5.78 Å². The Balaban J connectivity index is 2.25. The lowest BCUT2D eigenvalue weighted by Gasteiger charge is -2.02. The molecule has 0 aliphatic heterocycles. The maximum Gasteiger partial charge on any atom is 0.247 e. The lowest BCUT2D eigenvalue weighted by molar-refractivity contribution is 0.103. The number of ketones is 1. The first-order valence-electron chi connectivity index (χ1n) is 5.81. The van der Waals surface area contributed by atoms with Crippen LogP contribution in [0.5, 0.6) is 0 Å². The van der Waals surface area contributed by atoms with Gasteiger partial charge in [-0.25, -0.2) is 13.6 Å². The van der Waals surface area contributed by atoms with Crippen LogP contribution in [0.3, 0.4) is 0 Å². The third-order valence-electron chi connectivity index (χ3n) is 2.72. The van der Waals surface area contributed by atoms with Crippen molar-refractivity contribution in [2.45, 2.75) is 10.8 Å². The van der Waals surface area contributed by atoms with E-state index in [2.05, 4.69) is 5.32 Å². The van der Waals surface area contributed by atoms with Crippen LogP contribution in [-0.2, 0) is 16.6 Å². The van der Waals surface area contributed by atoms with Gasteiger partial charge in [-0.2, -0.15) is 0 Å². The molecule has 20 heavy (non-hydrogen) atoms. The number of rotatable bonds is 5. The molecule has 3 N–H and O–H groups in total. The number of hydrogen-bond donors (Lipinski definition) is 2. The molecule has 2 rings (SSSR count). The summed E-state index contributed by atoms with van der Waals surface area (Å²) < 4.78 is 22.4. The molecule has 106 valence electrons. The van der Waals surface area contributed by atoms with Gasteiger partial charge >= 0.3 is 0 Å². The Morgan fingerprint density at radius 2 is 1.90 bits per heavy atom. The van der Waals surface area contributed by atoms with Crippen molar-refractivity contribution in [3.63, 3.8) is 0 Å². The summed E-state index contributed by atoms with van der Waals surface area (Å²) in [6, 6.07) is 8.48. The fourth-order valence-electron chi connectivity index (χ4n) is 1.73. The van der Waals surface area contributed by atoms with Crippen LogP contribution in [0, 0.1) is 0 Å². The molecule has 0 aliphatic carbocycles. The zero-order chi connectivity index (χ0) is 14.8. The van der Waals surface area contributed by atoms with Gasteiger partial charge in [-0.15, -0.1) is 11.3 Å². The van der Waals surface area contributed by atoms with E-state index in [1.807, 2.05) is 19.2 Å². The monoisotopic (exact) mass is 310 g/mol. The molecule has 1 aromatic heterocycles. The molecular weight excluding hydrogens is 296 g/mol. The predicted octanol–water partition coefficient (Wildman–Crippen LogP) is 1.35. The van der Waals surface area contributed by atoms with E-state index in [4.69, 9.17) is 5.14 Å². The highest BCUT2D eigenvalue weighted by Gasteiger charge is 2.16. The van der Waals surface area contributed by atoms with Crippen molar-refractivity contribution in [3.8, 4) is 0 Å². The maximum atomic E-state index is 12.2. The third-order valence-corrected chi connectivity index (χ3v) is 5.10. The fraction of sp³-hybridized carbons (Fsp3) is 0.154. The third kappa shape index (κ3) is 3.31. The van der Waals surface area contributed by atoms with Crippen LogP contribution in [0.4, 0.5) is 0 Å². The smallest absolute Gasteiger partial charge is 0.247 e. The second kappa shape index (κ2) is 5.84. The molecule has 1 aromatic carbocycles. The number of hydrogen-bond acceptors (Lipinski definition) is 5. The molecular formula is C13H14N2O3S2. The van der Waals surface area contributed by atoms with Crippen molar-refractivity contribution in [3.05, 3.63) is 52.4 Å². The van der Waals surface area contributed by atoms with Crippen LogP contribution in [-0.4, -0.2) is 21.2 Å². The molecule has 0 radical (unpaired) electrons. The van der Waals surface area contributed by atoms with Crippen LogP contribution in [0.1, 0.15) is 21.5 Å². The van der Waals surface area contributed by atoms with Crippen LogP contribution in [0.2, 0.25) is 0 Å². The topological polar surface area (TPSA) is 89.3 Å². The molecule has 0 spiro atoms. The number of primary sulfonamides is 1. The van der Waals surface area contributed by atoms with E-state index in [-0.39, 0.29) is 9.99 Å². The summed E-state index contributed by atoms with van der Waals surface area (Å²) in [5.74, 6) is -0.216. The molecule has 0 fully saturated rings. The Hall–Kier alpha value is -1.54. The van der Waals surface area contributed by atoms with Crippen molar-refractivity contribution >= 4 is 27.1 Å². The molecule has 0 unspecified atom stereocenters. The highest BCUT2D eigenvalue weighted by molar-refractivity contribution is 7.91. The highest BCUT2D eigenvalue weighted by atomic mass is 32.2. The summed E-state index contributed by atoms with van der Waals surface area (Å²) >= 11 is 0.947. The molecule has 0 saturated carbocycles. The van der Waals surface area contributed by atoms with Crippen molar-refractivity contribution in [2.24, 2.45) is 5.14 Å². The highest BCUT2D eigenvalue weighted by Crippen LogP contribution is 2.21. The first-order chi connectivity index (χ1) is 9.41. The number of nitrogens with two attached hydrogens (primary N) is 1. The van der Waals surface area contributed by atoms with Crippen molar-refractivity contribution in [1.29, 1.82) is 0 Å². The number of nitrogens with one attached hydrogen (secondary N) is 1. The average molecular weight is 310 g/mol. The number of carbonyl (C=O) groups is 1. The van der Waals surface area contributed by atoms with E-state index in [0.717, 1.165) is 23.4 Å². The molecule has 1 heterocycles. The molecule has 0 saturated heterocycles. The number of carbonyl (C=O) groups excluding carboxylic acids is 1. The van der Waals surface area contributed by atoms with E-state index in [0.29, 0.717) is 11.1 Å². The SMILES string of the molecule is CNCc1ccc(C(=O)c2csc(S(N)(=O)=O)c2)cc1. The van der Waals surface area contributed by atoms with Gasteiger partial charge in [0.2, 0.25) is 10.0 Å². The normalized spacial score (nSPS) is 11.5. The average Bonchev–Trinajstić information content (AvgIpc) is 2.89. The maximum absolute atomic E-state index is 12.2. The minimum Gasteiger partial charge on any atom is -0.316 e.